The Labute approximate surface area is 104 Å². The van der Waals surface area contributed by atoms with Crippen molar-refractivity contribution < 1.29 is 5.11 Å². The number of rotatable bonds is 2. The first-order valence-corrected chi connectivity index (χ1v) is 5.72. The van der Waals surface area contributed by atoms with E-state index in [0.29, 0.717) is 11.7 Å². The van der Waals surface area contributed by atoms with Crippen LogP contribution in [0.2, 0.25) is 0 Å². The lowest BCUT2D eigenvalue weighted by atomic mass is 9.77. The molecule has 84 valence electrons. The van der Waals surface area contributed by atoms with Crippen LogP contribution in [0.5, 0.6) is 5.75 Å². The van der Waals surface area contributed by atoms with Crippen LogP contribution in [-0.4, -0.2) is 5.11 Å². The predicted octanol–water partition coefficient (Wildman–Crippen LogP) is 3.38. The zero-order valence-electron chi connectivity index (χ0n) is 8.32. The van der Waals surface area contributed by atoms with Crippen molar-refractivity contribution in [3.8, 4) is 5.75 Å². The monoisotopic (exact) mass is 291 g/mol. The van der Waals surface area contributed by atoms with E-state index in [4.69, 9.17) is 5.73 Å². The Bertz CT molecular complexity index is 341. The molecule has 0 heterocycles. The molecule has 1 aliphatic rings. The number of hydrogen-bond acceptors (Lipinski definition) is 2. The van der Waals surface area contributed by atoms with E-state index in [1.807, 2.05) is 12.1 Å². The molecule has 1 aliphatic carbocycles. The summed E-state index contributed by atoms with van der Waals surface area (Å²) in [5.41, 5.74) is 6.95. The normalized spacial score (nSPS) is 17.7. The molecule has 0 aliphatic heterocycles. The Kier molecular flexibility index (Phi) is 4.44. The molecule has 0 saturated heterocycles. The van der Waals surface area contributed by atoms with Gasteiger partial charge in [0.2, 0.25) is 0 Å². The number of phenols is 1. The van der Waals surface area contributed by atoms with Gasteiger partial charge in [0.25, 0.3) is 0 Å². The molecule has 3 N–H and O–H groups in total. The summed E-state index contributed by atoms with van der Waals surface area (Å²) < 4.78 is 0.888. The average Bonchev–Trinajstić information content (AvgIpc) is 2.00. The van der Waals surface area contributed by atoms with Crippen LogP contribution in [0.3, 0.4) is 0 Å². The maximum absolute atomic E-state index is 9.72. The van der Waals surface area contributed by atoms with Crippen LogP contribution in [0.1, 0.15) is 30.9 Å². The maximum Gasteiger partial charge on any atom is 0.121 e. The van der Waals surface area contributed by atoms with Crippen molar-refractivity contribution >= 4 is 28.3 Å². The summed E-state index contributed by atoms with van der Waals surface area (Å²) in [7, 11) is 0. The second kappa shape index (κ2) is 5.19. The fourth-order valence-corrected chi connectivity index (χ4v) is 2.20. The molecular weight excluding hydrogens is 277 g/mol. The number of hydrogen-bond donors (Lipinski definition) is 2. The molecule has 0 radical (unpaired) electrons. The van der Waals surface area contributed by atoms with Crippen molar-refractivity contribution in [2.45, 2.75) is 25.3 Å². The van der Waals surface area contributed by atoms with Gasteiger partial charge >= 0.3 is 0 Å². The summed E-state index contributed by atoms with van der Waals surface area (Å²) in [5, 5.41) is 9.72. The molecule has 4 heteroatoms. The van der Waals surface area contributed by atoms with Crippen LogP contribution in [0.25, 0.3) is 0 Å². The average molecular weight is 293 g/mol. The van der Waals surface area contributed by atoms with Crippen LogP contribution in [-0.2, 0) is 0 Å². The maximum atomic E-state index is 9.72. The van der Waals surface area contributed by atoms with Gasteiger partial charge in [0.1, 0.15) is 5.75 Å². The van der Waals surface area contributed by atoms with Gasteiger partial charge in [-0.1, -0.05) is 28.4 Å². The van der Waals surface area contributed by atoms with E-state index in [2.05, 4.69) is 15.9 Å². The summed E-state index contributed by atoms with van der Waals surface area (Å²) in [6.45, 7) is 0. The number of benzene rings is 1. The van der Waals surface area contributed by atoms with Gasteiger partial charge in [0.05, 0.1) is 0 Å². The molecular formula is C11H15BrClNO. The predicted molar refractivity (Wildman–Crippen MR) is 67.3 cm³/mol. The van der Waals surface area contributed by atoms with Crippen molar-refractivity contribution in [3.63, 3.8) is 0 Å². The second-order valence-corrected chi connectivity index (χ2v) is 4.84. The lowest BCUT2D eigenvalue weighted by Crippen LogP contribution is -2.26. The van der Waals surface area contributed by atoms with E-state index in [0.717, 1.165) is 10.0 Å². The SMILES string of the molecule is Cl.N[C@H](c1ccc(Br)cc1O)C1CCC1. The molecule has 2 rings (SSSR count). The molecule has 0 bridgehead atoms. The fraction of sp³-hybridized carbons (Fsp3) is 0.455. The van der Waals surface area contributed by atoms with Crippen molar-refractivity contribution in [3.05, 3.63) is 28.2 Å². The zero-order valence-corrected chi connectivity index (χ0v) is 10.7. The van der Waals surface area contributed by atoms with E-state index < -0.39 is 0 Å². The highest BCUT2D eigenvalue weighted by atomic mass is 79.9. The highest BCUT2D eigenvalue weighted by molar-refractivity contribution is 9.10. The molecule has 0 amide bonds. The van der Waals surface area contributed by atoms with Crippen LogP contribution in [0.15, 0.2) is 22.7 Å². The van der Waals surface area contributed by atoms with E-state index >= 15 is 0 Å². The Morgan fingerprint density at radius 3 is 2.53 bits per heavy atom. The molecule has 0 spiro atoms. The third kappa shape index (κ3) is 2.65. The summed E-state index contributed by atoms with van der Waals surface area (Å²) in [6, 6.07) is 5.53. The van der Waals surface area contributed by atoms with Crippen molar-refractivity contribution in [1.29, 1.82) is 0 Å². The molecule has 1 fully saturated rings. The van der Waals surface area contributed by atoms with Crippen LogP contribution in [0, 0.1) is 5.92 Å². The summed E-state index contributed by atoms with van der Waals surface area (Å²) in [4.78, 5) is 0. The van der Waals surface area contributed by atoms with Gasteiger partial charge < -0.3 is 10.8 Å². The quantitative estimate of drug-likeness (QED) is 0.878. The molecule has 0 unspecified atom stereocenters. The first-order valence-electron chi connectivity index (χ1n) is 4.92. The van der Waals surface area contributed by atoms with Crippen LogP contribution < -0.4 is 5.73 Å². The molecule has 1 atom stereocenters. The van der Waals surface area contributed by atoms with Crippen LogP contribution >= 0.6 is 28.3 Å². The number of aromatic hydroxyl groups is 1. The lowest BCUT2D eigenvalue weighted by Gasteiger charge is -2.31. The van der Waals surface area contributed by atoms with Crippen molar-refractivity contribution in [2.75, 3.05) is 0 Å². The summed E-state index contributed by atoms with van der Waals surface area (Å²) in [6.07, 6.45) is 3.66. The summed E-state index contributed by atoms with van der Waals surface area (Å²) >= 11 is 3.31. The fourth-order valence-electron chi connectivity index (χ4n) is 1.85. The largest absolute Gasteiger partial charge is 0.508 e. The Morgan fingerprint density at radius 1 is 1.40 bits per heavy atom. The highest BCUT2D eigenvalue weighted by Crippen LogP contribution is 2.39. The number of nitrogens with two attached hydrogens (primary N) is 1. The third-order valence-electron chi connectivity index (χ3n) is 3.01. The van der Waals surface area contributed by atoms with Gasteiger partial charge in [-0.3, -0.25) is 0 Å². The third-order valence-corrected chi connectivity index (χ3v) is 3.50. The standard InChI is InChI=1S/C11H14BrNO.ClH/c12-8-4-5-9(10(14)6-8)11(13)7-2-1-3-7;/h4-7,11,14H,1-3,13H2;1H/t11-;/m0./s1. The van der Waals surface area contributed by atoms with Gasteiger partial charge in [0.15, 0.2) is 0 Å². The van der Waals surface area contributed by atoms with Crippen LogP contribution in [0.4, 0.5) is 0 Å². The molecule has 1 saturated carbocycles. The van der Waals surface area contributed by atoms with Crippen molar-refractivity contribution in [1.82, 2.24) is 0 Å². The van der Waals surface area contributed by atoms with Crippen molar-refractivity contribution in [2.24, 2.45) is 11.7 Å². The van der Waals surface area contributed by atoms with E-state index in [9.17, 15) is 5.11 Å². The van der Waals surface area contributed by atoms with E-state index in [1.165, 1.54) is 19.3 Å². The Hall–Kier alpha value is -0.250. The lowest BCUT2D eigenvalue weighted by molar-refractivity contribution is 0.260. The second-order valence-electron chi connectivity index (χ2n) is 3.92. The van der Waals surface area contributed by atoms with Gasteiger partial charge in [-0.25, -0.2) is 0 Å². The first-order chi connectivity index (χ1) is 6.68. The summed E-state index contributed by atoms with van der Waals surface area (Å²) in [5.74, 6) is 0.862. The molecule has 2 nitrogen and oxygen atoms in total. The zero-order chi connectivity index (χ0) is 10.1. The molecule has 1 aromatic carbocycles. The number of phenolic OH excluding ortho intramolecular Hbond substituents is 1. The van der Waals surface area contributed by atoms with Gasteiger partial charge in [-0.15, -0.1) is 12.4 Å². The van der Waals surface area contributed by atoms with Gasteiger partial charge in [-0.2, -0.15) is 0 Å². The first kappa shape index (κ1) is 12.8. The minimum absolute atomic E-state index is 0. The minimum Gasteiger partial charge on any atom is -0.508 e. The number of halogens is 2. The molecule has 15 heavy (non-hydrogen) atoms. The van der Waals surface area contributed by atoms with Gasteiger partial charge in [0, 0.05) is 16.1 Å². The topological polar surface area (TPSA) is 46.2 Å². The van der Waals surface area contributed by atoms with E-state index in [1.54, 1.807) is 6.07 Å². The minimum atomic E-state index is -0.00292. The smallest absolute Gasteiger partial charge is 0.121 e. The molecule has 0 aromatic heterocycles. The molecule has 1 aromatic rings. The van der Waals surface area contributed by atoms with E-state index in [-0.39, 0.29) is 18.4 Å². The van der Waals surface area contributed by atoms with Gasteiger partial charge in [-0.05, 0) is 30.9 Å². The Morgan fingerprint density at radius 2 is 2.07 bits per heavy atom. The highest BCUT2D eigenvalue weighted by Gasteiger charge is 2.26. The Balaban J connectivity index is 0.00000112.